The van der Waals surface area contributed by atoms with Gasteiger partial charge >= 0.3 is 0 Å². The van der Waals surface area contributed by atoms with E-state index in [0.29, 0.717) is 30.7 Å². The summed E-state index contributed by atoms with van der Waals surface area (Å²) in [4.78, 5) is 3.84. The molecule has 1 saturated carbocycles. The third kappa shape index (κ3) is 4.35. The predicted octanol–water partition coefficient (Wildman–Crippen LogP) is 3.78. The largest absolute Gasteiger partial charge is 0.393 e. The summed E-state index contributed by atoms with van der Waals surface area (Å²) in [6.45, 7) is 0. The number of hydrogen-bond acceptors (Lipinski definition) is 4. The molecule has 2 aromatic rings. The van der Waals surface area contributed by atoms with Crippen molar-refractivity contribution in [2.45, 2.75) is 42.7 Å². The lowest BCUT2D eigenvalue weighted by Crippen LogP contribution is -2.38. The normalized spacial score (nSPS) is 20.9. The first-order chi connectivity index (χ1) is 12.3. The summed E-state index contributed by atoms with van der Waals surface area (Å²) in [5.74, 6) is -0.747. The second-order valence-corrected chi connectivity index (χ2v) is 8.81. The molecule has 0 unspecified atom stereocenters. The van der Waals surface area contributed by atoms with Crippen molar-refractivity contribution in [2.24, 2.45) is 0 Å². The minimum absolute atomic E-state index is 0.0893. The van der Waals surface area contributed by atoms with E-state index in [1.807, 2.05) is 0 Å². The first-order valence-corrected chi connectivity index (χ1v) is 10.3. The molecule has 26 heavy (non-hydrogen) atoms. The van der Waals surface area contributed by atoms with Crippen LogP contribution in [0, 0.1) is 5.82 Å². The number of rotatable bonds is 4. The molecule has 0 radical (unpaired) electrons. The summed E-state index contributed by atoms with van der Waals surface area (Å²) < 4.78 is 42.1. The Bertz CT molecular complexity index is 916. The van der Waals surface area contributed by atoms with E-state index < -0.39 is 15.8 Å². The van der Waals surface area contributed by atoms with Crippen molar-refractivity contribution in [3.8, 4) is 11.3 Å². The van der Waals surface area contributed by atoms with Gasteiger partial charge in [-0.3, -0.25) is 4.98 Å². The third-order valence-corrected chi connectivity index (χ3v) is 6.35. The Morgan fingerprint density at radius 3 is 2.46 bits per heavy atom. The van der Waals surface area contributed by atoms with E-state index in [4.69, 9.17) is 23.2 Å². The first-order valence-electron chi connectivity index (χ1n) is 8.07. The predicted molar refractivity (Wildman–Crippen MR) is 98.2 cm³/mol. The Hall–Kier alpha value is -1.25. The fraction of sp³-hybridized carbons (Fsp3) is 0.353. The van der Waals surface area contributed by atoms with E-state index in [9.17, 15) is 17.9 Å². The zero-order chi connectivity index (χ0) is 18.9. The molecule has 1 aromatic carbocycles. The zero-order valence-corrected chi connectivity index (χ0v) is 16.0. The maximum atomic E-state index is 14.5. The van der Waals surface area contributed by atoms with Gasteiger partial charge in [0.25, 0.3) is 0 Å². The molecule has 140 valence electrons. The zero-order valence-electron chi connectivity index (χ0n) is 13.6. The van der Waals surface area contributed by atoms with Crippen LogP contribution in [0.4, 0.5) is 4.39 Å². The molecule has 0 saturated heterocycles. The molecule has 1 heterocycles. The van der Waals surface area contributed by atoms with Gasteiger partial charge in [0, 0.05) is 17.8 Å². The molecule has 1 aliphatic carbocycles. The van der Waals surface area contributed by atoms with Crippen molar-refractivity contribution >= 4 is 33.2 Å². The van der Waals surface area contributed by atoms with E-state index in [1.165, 1.54) is 24.4 Å². The molecule has 0 atom stereocenters. The van der Waals surface area contributed by atoms with Crippen LogP contribution in [0.3, 0.4) is 0 Å². The van der Waals surface area contributed by atoms with Gasteiger partial charge in [0.05, 0.1) is 26.7 Å². The van der Waals surface area contributed by atoms with Crippen molar-refractivity contribution in [1.82, 2.24) is 9.71 Å². The molecule has 1 aromatic heterocycles. The molecule has 0 spiro atoms. The minimum atomic E-state index is -3.86. The Balaban J connectivity index is 1.84. The molecule has 5 nitrogen and oxygen atoms in total. The highest BCUT2D eigenvalue weighted by Crippen LogP contribution is 2.31. The standard InChI is InChI=1S/C17H17Cl2FN2O3S/c18-10-7-15(19)17(21-9-10)14-6-5-13(8-16(14)20)26(24,25)22-11-1-3-12(23)4-2-11/h5-9,11-12,22-23H,1-4H2. The second-order valence-electron chi connectivity index (χ2n) is 6.25. The Labute approximate surface area is 161 Å². The van der Waals surface area contributed by atoms with Gasteiger partial charge in [0.2, 0.25) is 10.0 Å². The van der Waals surface area contributed by atoms with Crippen LogP contribution >= 0.6 is 23.2 Å². The molecule has 2 N–H and O–H groups in total. The number of sulfonamides is 1. The van der Waals surface area contributed by atoms with Crippen LogP contribution in [0.1, 0.15) is 25.7 Å². The fourth-order valence-corrected chi connectivity index (χ4v) is 4.75. The highest BCUT2D eigenvalue weighted by Gasteiger charge is 2.25. The third-order valence-electron chi connectivity index (χ3n) is 4.33. The molecule has 0 amide bonds. The van der Waals surface area contributed by atoms with Gasteiger partial charge in [0.1, 0.15) is 5.82 Å². The number of nitrogens with zero attached hydrogens (tertiary/aromatic N) is 1. The summed E-state index contributed by atoms with van der Waals surface area (Å²) in [7, 11) is -3.86. The molecular weight excluding hydrogens is 402 g/mol. The average molecular weight is 419 g/mol. The molecule has 1 aliphatic rings. The van der Waals surface area contributed by atoms with Crippen LogP contribution in [0.2, 0.25) is 10.0 Å². The minimum Gasteiger partial charge on any atom is -0.393 e. The maximum absolute atomic E-state index is 14.5. The van der Waals surface area contributed by atoms with Crippen LogP contribution in [-0.2, 0) is 10.0 Å². The van der Waals surface area contributed by atoms with Gasteiger partial charge in [-0.1, -0.05) is 23.2 Å². The molecule has 1 fully saturated rings. The highest BCUT2D eigenvalue weighted by molar-refractivity contribution is 7.89. The Morgan fingerprint density at radius 2 is 1.85 bits per heavy atom. The number of nitrogens with one attached hydrogen (secondary N) is 1. The van der Waals surface area contributed by atoms with E-state index in [0.717, 1.165) is 6.07 Å². The Morgan fingerprint density at radius 1 is 1.15 bits per heavy atom. The summed E-state index contributed by atoms with van der Waals surface area (Å²) in [5, 5.41) is 10.00. The SMILES string of the molecule is O=S(=O)(NC1CCC(O)CC1)c1ccc(-c2ncc(Cl)cc2Cl)c(F)c1. The van der Waals surface area contributed by atoms with E-state index in [-0.39, 0.29) is 33.3 Å². The monoisotopic (exact) mass is 418 g/mol. The molecular formula is C17H17Cl2FN2O3S. The lowest BCUT2D eigenvalue weighted by Gasteiger charge is -2.26. The number of aliphatic hydroxyl groups excluding tert-OH is 1. The van der Waals surface area contributed by atoms with E-state index in [2.05, 4.69) is 9.71 Å². The summed E-state index contributed by atoms with van der Waals surface area (Å²) in [5.41, 5.74) is 0.276. The van der Waals surface area contributed by atoms with Crippen molar-refractivity contribution < 1.29 is 17.9 Å². The molecule has 0 bridgehead atoms. The molecule has 0 aliphatic heterocycles. The number of aromatic nitrogens is 1. The lowest BCUT2D eigenvalue weighted by atomic mass is 9.94. The van der Waals surface area contributed by atoms with Gasteiger partial charge in [0.15, 0.2) is 0 Å². The van der Waals surface area contributed by atoms with E-state index in [1.54, 1.807) is 0 Å². The highest BCUT2D eigenvalue weighted by atomic mass is 35.5. The van der Waals surface area contributed by atoms with Crippen LogP contribution in [0.25, 0.3) is 11.3 Å². The molecule has 9 heteroatoms. The van der Waals surface area contributed by atoms with Crippen LogP contribution in [0.15, 0.2) is 35.4 Å². The number of halogens is 3. The lowest BCUT2D eigenvalue weighted by molar-refractivity contribution is 0.120. The summed E-state index contributed by atoms with van der Waals surface area (Å²) in [6.07, 6.45) is 3.13. The van der Waals surface area contributed by atoms with E-state index >= 15 is 0 Å². The average Bonchev–Trinajstić information content (AvgIpc) is 2.57. The van der Waals surface area contributed by atoms with Crippen LogP contribution in [-0.4, -0.2) is 30.7 Å². The van der Waals surface area contributed by atoms with Gasteiger partial charge < -0.3 is 5.11 Å². The fourth-order valence-electron chi connectivity index (χ4n) is 2.95. The summed E-state index contributed by atoms with van der Waals surface area (Å²) >= 11 is 11.8. The topological polar surface area (TPSA) is 79.3 Å². The number of benzene rings is 1. The van der Waals surface area contributed by atoms with Gasteiger partial charge in [-0.05, 0) is 49.9 Å². The first kappa shape index (κ1) is 19.5. The van der Waals surface area contributed by atoms with Gasteiger partial charge in [-0.2, -0.15) is 0 Å². The number of aliphatic hydroxyl groups is 1. The Kier molecular flexibility index (Phi) is 5.84. The second kappa shape index (κ2) is 7.78. The summed E-state index contributed by atoms with van der Waals surface area (Å²) in [6, 6.07) is 4.76. The van der Waals surface area contributed by atoms with Crippen molar-refractivity contribution in [2.75, 3.05) is 0 Å². The van der Waals surface area contributed by atoms with Crippen LogP contribution < -0.4 is 4.72 Å². The van der Waals surface area contributed by atoms with Gasteiger partial charge in [-0.15, -0.1) is 0 Å². The van der Waals surface area contributed by atoms with Crippen molar-refractivity contribution in [3.05, 3.63) is 46.3 Å². The number of pyridine rings is 1. The van der Waals surface area contributed by atoms with Crippen molar-refractivity contribution in [3.63, 3.8) is 0 Å². The molecule has 3 rings (SSSR count). The van der Waals surface area contributed by atoms with Crippen LogP contribution in [0.5, 0.6) is 0 Å². The van der Waals surface area contributed by atoms with Crippen molar-refractivity contribution in [1.29, 1.82) is 0 Å². The maximum Gasteiger partial charge on any atom is 0.240 e. The number of hydrogen-bond donors (Lipinski definition) is 2. The quantitative estimate of drug-likeness (QED) is 0.791. The smallest absolute Gasteiger partial charge is 0.240 e. The van der Waals surface area contributed by atoms with Gasteiger partial charge in [-0.25, -0.2) is 17.5 Å².